The first-order chi connectivity index (χ1) is 13.7. The highest BCUT2D eigenvalue weighted by Crippen LogP contribution is 2.36. The van der Waals surface area contributed by atoms with Crippen LogP contribution in [0.5, 0.6) is 0 Å². The van der Waals surface area contributed by atoms with Gasteiger partial charge in [0.05, 0.1) is 10.7 Å². The van der Waals surface area contributed by atoms with Gasteiger partial charge in [0.2, 0.25) is 5.78 Å². The number of sulfone groups is 1. The van der Waals surface area contributed by atoms with Crippen LogP contribution in [-0.2, 0) is 16.4 Å². The molecule has 0 saturated heterocycles. The monoisotopic (exact) mass is 467 g/mol. The Morgan fingerprint density at radius 1 is 1.21 bits per heavy atom. The molecule has 3 aromatic heterocycles. The lowest BCUT2D eigenvalue weighted by Gasteiger charge is -2.15. The Labute approximate surface area is 181 Å². The van der Waals surface area contributed by atoms with Crippen LogP contribution in [0.2, 0.25) is 10.0 Å². The fourth-order valence-electron chi connectivity index (χ4n) is 3.06. The summed E-state index contributed by atoms with van der Waals surface area (Å²) in [5, 5.41) is 3.32. The first kappa shape index (κ1) is 20.2. The maximum absolute atomic E-state index is 12.4. The molecule has 0 radical (unpaired) electrons. The fourth-order valence-corrected chi connectivity index (χ4v) is 5.18. The summed E-state index contributed by atoms with van der Waals surface area (Å²) in [6.07, 6.45) is 2.85. The topological polar surface area (TPSA) is 103 Å². The molecule has 7 nitrogen and oxygen atoms in total. The largest absolute Gasteiger partial charge is 0.326 e. The van der Waals surface area contributed by atoms with Crippen molar-refractivity contribution < 1.29 is 8.42 Å². The molecule has 4 rings (SSSR count). The summed E-state index contributed by atoms with van der Waals surface area (Å²) >= 11 is 13.9. The molecular weight excluding hydrogens is 453 g/mol. The van der Waals surface area contributed by atoms with Crippen molar-refractivity contribution in [2.24, 2.45) is 5.73 Å². The predicted octanol–water partition coefficient (Wildman–Crippen LogP) is 4.00. The third-order valence-electron chi connectivity index (χ3n) is 4.25. The molecule has 4 aromatic rings. The Bertz CT molecular complexity index is 1360. The van der Waals surface area contributed by atoms with Crippen molar-refractivity contribution in [3.63, 3.8) is 0 Å². The minimum Gasteiger partial charge on any atom is -0.326 e. The van der Waals surface area contributed by atoms with Crippen molar-refractivity contribution in [1.29, 1.82) is 0 Å². The molecule has 0 amide bonds. The number of nitrogens with zero attached hydrogens (tertiary/aromatic N) is 4. The molecule has 3 heterocycles. The number of fused-ring (bicyclic) bond motifs is 1. The zero-order valence-corrected chi connectivity index (χ0v) is 18.5. The van der Waals surface area contributed by atoms with Crippen molar-refractivity contribution in [1.82, 2.24) is 19.4 Å². The maximum atomic E-state index is 12.4. The number of halogens is 2. The van der Waals surface area contributed by atoms with Crippen molar-refractivity contribution in [2.45, 2.75) is 18.5 Å². The summed E-state index contributed by atoms with van der Waals surface area (Å²) in [7, 11) is -3.67. The molecule has 1 aromatic carbocycles. The molecule has 29 heavy (non-hydrogen) atoms. The zero-order valence-electron chi connectivity index (χ0n) is 15.3. The van der Waals surface area contributed by atoms with Gasteiger partial charge in [-0.25, -0.2) is 23.4 Å². The van der Waals surface area contributed by atoms with Gasteiger partial charge in [0.25, 0.3) is 0 Å². The number of thiazole rings is 1. The van der Waals surface area contributed by atoms with Gasteiger partial charge in [-0.15, -0.1) is 11.3 Å². The Balaban J connectivity index is 2.13. The number of aryl methyl sites for hydroxylation is 1. The average molecular weight is 468 g/mol. The van der Waals surface area contributed by atoms with Gasteiger partial charge >= 0.3 is 0 Å². The van der Waals surface area contributed by atoms with E-state index >= 15 is 0 Å². The highest BCUT2D eigenvalue weighted by Gasteiger charge is 2.25. The summed E-state index contributed by atoms with van der Waals surface area (Å²) in [6, 6.07) is 4.99. The number of nitrogens with two attached hydrogens (primary N) is 1. The van der Waals surface area contributed by atoms with Gasteiger partial charge in [-0.1, -0.05) is 23.2 Å². The summed E-state index contributed by atoms with van der Waals surface area (Å²) < 4.78 is 26.6. The van der Waals surface area contributed by atoms with Crippen LogP contribution in [0.3, 0.4) is 0 Å². The number of hydrogen-bond acceptors (Lipinski definition) is 7. The lowest BCUT2D eigenvalue weighted by Crippen LogP contribution is -2.14. The van der Waals surface area contributed by atoms with Crippen molar-refractivity contribution in [2.75, 3.05) is 6.26 Å². The maximum Gasteiger partial charge on any atom is 0.236 e. The minimum absolute atomic E-state index is 0.0521. The Morgan fingerprint density at radius 2 is 1.97 bits per heavy atom. The first-order valence-corrected chi connectivity index (χ1v) is 11.9. The highest BCUT2D eigenvalue weighted by molar-refractivity contribution is 7.90. The van der Waals surface area contributed by atoms with Crippen LogP contribution >= 0.6 is 34.5 Å². The van der Waals surface area contributed by atoms with E-state index in [1.54, 1.807) is 28.8 Å². The Kier molecular flexibility index (Phi) is 5.12. The second kappa shape index (κ2) is 7.33. The van der Waals surface area contributed by atoms with Gasteiger partial charge in [-0.3, -0.25) is 4.40 Å². The molecule has 0 spiro atoms. The van der Waals surface area contributed by atoms with E-state index in [1.807, 2.05) is 12.3 Å². The quantitative estimate of drug-likeness (QED) is 0.454. The van der Waals surface area contributed by atoms with Gasteiger partial charge in [0, 0.05) is 46.2 Å². The smallest absolute Gasteiger partial charge is 0.236 e. The van der Waals surface area contributed by atoms with Gasteiger partial charge in [0.15, 0.2) is 14.9 Å². The third-order valence-corrected chi connectivity index (χ3v) is 6.82. The summed E-state index contributed by atoms with van der Waals surface area (Å²) in [4.78, 5) is 13.2. The van der Waals surface area contributed by atoms with Gasteiger partial charge in [0.1, 0.15) is 10.7 Å². The molecular formula is C18H15Cl2N5O2S2. The van der Waals surface area contributed by atoms with Crippen molar-refractivity contribution in [3.05, 3.63) is 51.1 Å². The van der Waals surface area contributed by atoms with Crippen LogP contribution in [0.1, 0.15) is 11.3 Å². The van der Waals surface area contributed by atoms with Crippen LogP contribution in [0.15, 0.2) is 34.8 Å². The van der Waals surface area contributed by atoms with Gasteiger partial charge in [-0.2, -0.15) is 0 Å². The molecule has 0 aliphatic heterocycles. The molecule has 150 valence electrons. The summed E-state index contributed by atoms with van der Waals surface area (Å²) in [5.41, 5.74) is 8.84. The van der Waals surface area contributed by atoms with Crippen molar-refractivity contribution >= 4 is 50.2 Å². The average Bonchev–Trinajstić information content (AvgIpc) is 3.25. The number of imidazole rings is 1. The third kappa shape index (κ3) is 3.64. The van der Waals surface area contributed by atoms with Crippen molar-refractivity contribution in [3.8, 4) is 22.0 Å². The van der Waals surface area contributed by atoms with Crippen LogP contribution in [0.25, 0.3) is 27.7 Å². The lowest BCUT2D eigenvalue weighted by molar-refractivity contribution is 0.596. The molecule has 0 atom stereocenters. The zero-order chi connectivity index (χ0) is 20.9. The van der Waals surface area contributed by atoms with E-state index in [0.717, 1.165) is 11.9 Å². The lowest BCUT2D eigenvalue weighted by atomic mass is 10.1. The number of rotatable bonds is 4. The molecule has 0 saturated carbocycles. The van der Waals surface area contributed by atoms with E-state index in [2.05, 4.69) is 15.0 Å². The molecule has 2 N–H and O–H groups in total. The molecule has 0 aliphatic rings. The fraction of sp³-hybridized carbons (Fsp3) is 0.167. The van der Waals surface area contributed by atoms with Crippen LogP contribution in [0, 0.1) is 6.92 Å². The van der Waals surface area contributed by atoms with E-state index in [0.29, 0.717) is 37.6 Å². The van der Waals surface area contributed by atoms with Crippen LogP contribution < -0.4 is 5.73 Å². The second-order valence-corrected chi connectivity index (χ2v) is 10.1. The van der Waals surface area contributed by atoms with E-state index in [9.17, 15) is 8.42 Å². The van der Waals surface area contributed by atoms with E-state index < -0.39 is 9.84 Å². The second-order valence-electron chi connectivity index (χ2n) is 6.43. The van der Waals surface area contributed by atoms with Gasteiger partial charge in [-0.05, 0) is 25.1 Å². The SMILES string of the molecule is Cc1csc(-c2cn3c(-c4ccc(Cl)cc4Cl)c(CN)c(S(C)(=O)=O)nc3n2)n1. The molecule has 11 heteroatoms. The normalized spacial score (nSPS) is 12.0. The Morgan fingerprint density at radius 3 is 2.55 bits per heavy atom. The first-order valence-electron chi connectivity index (χ1n) is 8.39. The van der Waals surface area contributed by atoms with Gasteiger partial charge < -0.3 is 5.73 Å². The van der Waals surface area contributed by atoms with Crippen LogP contribution in [0.4, 0.5) is 0 Å². The van der Waals surface area contributed by atoms with Crippen LogP contribution in [-0.4, -0.2) is 34.0 Å². The van der Waals surface area contributed by atoms with E-state index in [1.165, 1.54) is 11.3 Å². The molecule has 0 aliphatic carbocycles. The predicted molar refractivity (Wildman–Crippen MR) is 115 cm³/mol. The number of aromatic nitrogens is 4. The minimum atomic E-state index is -3.67. The highest BCUT2D eigenvalue weighted by atomic mass is 35.5. The Hall–Kier alpha value is -2.04. The van der Waals surface area contributed by atoms with E-state index in [-0.39, 0.29) is 17.3 Å². The number of benzene rings is 1. The summed E-state index contributed by atoms with van der Waals surface area (Å²) in [5.74, 6) is 0.214. The molecule has 0 fully saturated rings. The van der Waals surface area contributed by atoms with E-state index in [4.69, 9.17) is 28.9 Å². The molecule has 0 bridgehead atoms. The molecule has 0 unspecified atom stereocenters. The summed E-state index contributed by atoms with van der Waals surface area (Å²) in [6.45, 7) is 1.84. The standard InChI is InChI=1S/C18H15Cl2N5O2S2/c1-9-8-28-16(22-9)14-7-25-15(11-4-3-10(19)5-13(11)20)12(6-21)17(29(2,26)27)24-18(25)23-14/h3-5,7-8H,6,21H2,1-2H3. The number of hydrogen-bond donors (Lipinski definition) is 1.